The molecule has 1 aromatic rings. The van der Waals surface area contributed by atoms with Crippen LogP contribution in [-0.4, -0.2) is 23.0 Å². The lowest BCUT2D eigenvalue weighted by atomic mass is 10.1. The van der Waals surface area contributed by atoms with E-state index in [4.69, 9.17) is 10.8 Å². The molecular weight excluding hydrogens is 232 g/mol. The standard InChI is InChI=1S/C13H18N2O3/c1-2-11(13(17)18)15-12(16)8-7-9-5-3-4-6-10(9)14/h3-6,11H,2,7-8,14H2,1H3,(H,15,16)(H,17,18)/t11-/m1/s1. The molecule has 1 rings (SSSR count). The third-order valence-electron chi connectivity index (χ3n) is 2.72. The van der Waals surface area contributed by atoms with E-state index in [-0.39, 0.29) is 12.3 Å². The summed E-state index contributed by atoms with van der Waals surface area (Å²) in [6.45, 7) is 1.72. The van der Waals surface area contributed by atoms with Crippen LogP contribution in [0.4, 0.5) is 5.69 Å². The zero-order chi connectivity index (χ0) is 13.5. The van der Waals surface area contributed by atoms with Crippen molar-refractivity contribution in [3.05, 3.63) is 29.8 Å². The number of hydrogen-bond acceptors (Lipinski definition) is 3. The summed E-state index contributed by atoms with van der Waals surface area (Å²) >= 11 is 0. The summed E-state index contributed by atoms with van der Waals surface area (Å²) in [7, 11) is 0. The second-order valence-corrected chi connectivity index (χ2v) is 4.07. The van der Waals surface area contributed by atoms with E-state index in [1.807, 2.05) is 18.2 Å². The van der Waals surface area contributed by atoms with Crippen molar-refractivity contribution in [2.45, 2.75) is 32.2 Å². The highest BCUT2D eigenvalue weighted by molar-refractivity contribution is 5.83. The van der Waals surface area contributed by atoms with Crippen LogP contribution in [0.15, 0.2) is 24.3 Å². The van der Waals surface area contributed by atoms with Crippen molar-refractivity contribution in [1.29, 1.82) is 0 Å². The molecule has 0 saturated carbocycles. The summed E-state index contributed by atoms with van der Waals surface area (Å²) in [6.07, 6.45) is 1.11. The van der Waals surface area contributed by atoms with Crippen LogP contribution in [0.5, 0.6) is 0 Å². The Balaban J connectivity index is 2.47. The molecule has 98 valence electrons. The van der Waals surface area contributed by atoms with Crippen LogP contribution in [0.1, 0.15) is 25.3 Å². The smallest absolute Gasteiger partial charge is 0.326 e. The van der Waals surface area contributed by atoms with Crippen LogP contribution >= 0.6 is 0 Å². The van der Waals surface area contributed by atoms with E-state index < -0.39 is 12.0 Å². The quantitative estimate of drug-likeness (QED) is 0.661. The number of nitrogen functional groups attached to an aromatic ring is 1. The van der Waals surface area contributed by atoms with E-state index in [9.17, 15) is 9.59 Å². The van der Waals surface area contributed by atoms with Gasteiger partial charge in [-0.3, -0.25) is 4.79 Å². The molecule has 0 aliphatic carbocycles. The number of hydrogen-bond donors (Lipinski definition) is 3. The van der Waals surface area contributed by atoms with Crippen molar-refractivity contribution in [1.82, 2.24) is 5.32 Å². The average molecular weight is 250 g/mol. The molecule has 18 heavy (non-hydrogen) atoms. The van der Waals surface area contributed by atoms with Crippen LogP contribution in [0.25, 0.3) is 0 Å². The predicted molar refractivity (Wildman–Crippen MR) is 69.0 cm³/mol. The SMILES string of the molecule is CC[C@@H](NC(=O)CCc1ccccc1N)C(=O)O. The van der Waals surface area contributed by atoms with Crippen molar-refractivity contribution < 1.29 is 14.7 Å². The number of aliphatic carboxylic acids is 1. The van der Waals surface area contributed by atoms with Gasteiger partial charge in [-0.1, -0.05) is 25.1 Å². The van der Waals surface area contributed by atoms with Gasteiger partial charge in [-0.25, -0.2) is 4.79 Å². The number of para-hydroxylation sites is 1. The topological polar surface area (TPSA) is 92.4 Å². The predicted octanol–water partition coefficient (Wildman–Crippen LogP) is 1.18. The number of rotatable bonds is 6. The number of anilines is 1. The Morgan fingerprint density at radius 2 is 2.06 bits per heavy atom. The Kier molecular flexibility index (Phi) is 5.17. The number of carbonyl (C=O) groups is 2. The number of benzene rings is 1. The van der Waals surface area contributed by atoms with Crippen molar-refractivity contribution in [2.75, 3.05) is 5.73 Å². The number of carboxylic acid groups (broad SMARTS) is 1. The summed E-state index contributed by atoms with van der Waals surface area (Å²) < 4.78 is 0. The minimum atomic E-state index is -1.01. The molecule has 1 amide bonds. The summed E-state index contributed by atoms with van der Waals surface area (Å²) in [5, 5.41) is 11.3. The molecule has 5 nitrogen and oxygen atoms in total. The minimum absolute atomic E-state index is 0.234. The fourth-order valence-electron chi connectivity index (χ4n) is 1.61. The van der Waals surface area contributed by atoms with Crippen LogP contribution in [0.3, 0.4) is 0 Å². The molecule has 0 fully saturated rings. The maximum absolute atomic E-state index is 11.6. The maximum Gasteiger partial charge on any atom is 0.326 e. The highest BCUT2D eigenvalue weighted by atomic mass is 16.4. The fourth-order valence-corrected chi connectivity index (χ4v) is 1.61. The number of amides is 1. The molecule has 4 N–H and O–H groups in total. The number of carbonyl (C=O) groups excluding carboxylic acids is 1. The molecule has 0 aliphatic heterocycles. The fraction of sp³-hybridized carbons (Fsp3) is 0.385. The summed E-state index contributed by atoms with van der Waals surface area (Å²) in [6, 6.07) is 6.51. The molecule has 0 bridgehead atoms. The Morgan fingerprint density at radius 3 is 2.61 bits per heavy atom. The molecule has 1 aromatic carbocycles. The second kappa shape index (κ2) is 6.64. The van der Waals surface area contributed by atoms with Gasteiger partial charge in [0.05, 0.1) is 0 Å². The van der Waals surface area contributed by atoms with Gasteiger partial charge in [-0.2, -0.15) is 0 Å². The zero-order valence-electron chi connectivity index (χ0n) is 10.3. The van der Waals surface area contributed by atoms with Gasteiger partial charge in [0.1, 0.15) is 6.04 Å². The first kappa shape index (κ1) is 14.0. The van der Waals surface area contributed by atoms with Crippen LogP contribution < -0.4 is 11.1 Å². The maximum atomic E-state index is 11.6. The van der Waals surface area contributed by atoms with E-state index in [1.165, 1.54) is 0 Å². The minimum Gasteiger partial charge on any atom is -0.480 e. The number of aryl methyl sites for hydroxylation is 1. The highest BCUT2D eigenvalue weighted by Gasteiger charge is 2.17. The lowest BCUT2D eigenvalue weighted by Crippen LogP contribution is -2.40. The molecular formula is C13H18N2O3. The van der Waals surface area contributed by atoms with E-state index in [0.717, 1.165) is 5.56 Å². The van der Waals surface area contributed by atoms with Gasteiger partial charge < -0.3 is 16.2 Å². The molecule has 1 atom stereocenters. The largest absolute Gasteiger partial charge is 0.480 e. The lowest BCUT2D eigenvalue weighted by molar-refractivity contribution is -0.141. The Hall–Kier alpha value is -2.04. The van der Waals surface area contributed by atoms with Gasteiger partial charge >= 0.3 is 5.97 Å². The molecule has 5 heteroatoms. The zero-order valence-corrected chi connectivity index (χ0v) is 10.3. The molecule has 0 aromatic heterocycles. The summed E-state index contributed by atoms with van der Waals surface area (Å²) in [4.78, 5) is 22.3. The van der Waals surface area contributed by atoms with Crippen LogP contribution in [0.2, 0.25) is 0 Å². The van der Waals surface area contributed by atoms with Crippen molar-refractivity contribution in [2.24, 2.45) is 0 Å². The first-order valence-electron chi connectivity index (χ1n) is 5.90. The normalized spacial score (nSPS) is 11.8. The van der Waals surface area contributed by atoms with E-state index >= 15 is 0 Å². The Labute approximate surface area is 106 Å². The van der Waals surface area contributed by atoms with Gasteiger partial charge in [0.25, 0.3) is 0 Å². The van der Waals surface area contributed by atoms with Gasteiger partial charge in [-0.15, -0.1) is 0 Å². The second-order valence-electron chi connectivity index (χ2n) is 4.07. The van der Waals surface area contributed by atoms with Crippen molar-refractivity contribution in [3.63, 3.8) is 0 Å². The number of nitrogens with two attached hydrogens (primary N) is 1. The van der Waals surface area contributed by atoms with Gasteiger partial charge in [-0.05, 0) is 24.5 Å². The monoisotopic (exact) mass is 250 g/mol. The van der Waals surface area contributed by atoms with E-state index in [2.05, 4.69) is 5.32 Å². The third kappa shape index (κ3) is 4.08. The average Bonchev–Trinajstić information content (AvgIpc) is 2.34. The van der Waals surface area contributed by atoms with Gasteiger partial charge in [0.15, 0.2) is 0 Å². The van der Waals surface area contributed by atoms with Crippen LogP contribution in [0, 0.1) is 0 Å². The van der Waals surface area contributed by atoms with Gasteiger partial charge in [0, 0.05) is 12.1 Å². The summed E-state index contributed by atoms with van der Waals surface area (Å²) in [5.74, 6) is -1.28. The Morgan fingerprint density at radius 1 is 1.39 bits per heavy atom. The first-order chi connectivity index (χ1) is 8.54. The Bertz CT molecular complexity index is 432. The van der Waals surface area contributed by atoms with Crippen LogP contribution in [-0.2, 0) is 16.0 Å². The molecule has 0 aliphatic rings. The summed E-state index contributed by atoms with van der Waals surface area (Å²) in [5.41, 5.74) is 7.30. The number of carboxylic acids is 1. The van der Waals surface area contributed by atoms with Crippen molar-refractivity contribution in [3.8, 4) is 0 Å². The lowest BCUT2D eigenvalue weighted by Gasteiger charge is -2.12. The number of nitrogens with one attached hydrogen (secondary N) is 1. The van der Waals surface area contributed by atoms with E-state index in [1.54, 1.807) is 13.0 Å². The van der Waals surface area contributed by atoms with E-state index in [0.29, 0.717) is 18.5 Å². The molecule has 0 spiro atoms. The molecule has 0 saturated heterocycles. The van der Waals surface area contributed by atoms with Gasteiger partial charge in [0.2, 0.25) is 5.91 Å². The third-order valence-corrected chi connectivity index (χ3v) is 2.72. The van der Waals surface area contributed by atoms with Crippen molar-refractivity contribution >= 4 is 17.6 Å². The first-order valence-corrected chi connectivity index (χ1v) is 5.90. The molecule has 0 unspecified atom stereocenters. The molecule has 0 heterocycles. The molecule has 0 radical (unpaired) electrons. The highest BCUT2D eigenvalue weighted by Crippen LogP contribution is 2.12.